The van der Waals surface area contributed by atoms with E-state index in [1.807, 2.05) is 0 Å². The zero-order chi connectivity index (χ0) is 15.4. The summed E-state index contributed by atoms with van der Waals surface area (Å²) in [5.41, 5.74) is 0.747. The predicted octanol–water partition coefficient (Wildman–Crippen LogP) is 2.82. The third-order valence-corrected chi connectivity index (χ3v) is 3.91. The third-order valence-electron chi connectivity index (χ3n) is 3.91. The molecule has 1 unspecified atom stereocenters. The van der Waals surface area contributed by atoms with Gasteiger partial charge in [0.1, 0.15) is 11.6 Å². The van der Waals surface area contributed by atoms with Crippen molar-refractivity contribution in [2.45, 2.75) is 12.8 Å². The van der Waals surface area contributed by atoms with E-state index in [0.717, 1.165) is 31.5 Å². The fraction of sp³-hybridized carbons (Fsp3) is 0.353. The van der Waals surface area contributed by atoms with Gasteiger partial charge in [0.2, 0.25) is 0 Å². The molecule has 1 aliphatic rings. The zero-order valence-corrected chi connectivity index (χ0v) is 12.3. The Kier molecular flexibility index (Phi) is 4.53. The maximum Gasteiger partial charge on any atom is 0.287 e. The van der Waals surface area contributed by atoms with Crippen LogP contribution in [0.4, 0.5) is 4.39 Å². The van der Waals surface area contributed by atoms with E-state index in [1.165, 1.54) is 12.1 Å². The number of hydrogen-bond acceptors (Lipinski definition) is 3. The first-order chi connectivity index (χ1) is 10.7. The summed E-state index contributed by atoms with van der Waals surface area (Å²) >= 11 is 0. The summed E-state index contributed by atoms with van der Waals surface area (Å²) in [6, 6.07) is 9.37. The van der Waals surface area contributed by atoms with Gasteiger partial charge >= 0.3 is 0 Å². The number of carbonyl (C=O) groups is 1. The molecule has 5 heteroatoms. The summed E-state index contributed by atoms with van der Waals surface area (Å²) in [5, 5.41) is 6.23. The number of benzene rings is 1. The molecule has 116 valence electrons. The van der Waals surface area contributed by atoms with E-state index < -0.39 is 0 Å². The van der Waals surface area contributed by atoms with Crippen molar-refractivity contribution in [3.05, 3.63) is 48.0 Å². The van der Waals surface area contributed by atoms with Gasteiger partial charge in [-0.15, -0.1) is 0 Å². The number of amides is 1. The van der Waals surface area contributed by atoms with Gasteiger partial charge in [-0.05, 0) is 68.2 Å². The van der Waals surface area contributed by atoms with Crippen molar-refractivity contribution in [1.82, 2.24) is 10.6 Å². The summed E-state index contributed by atoms with van der Waals surface area (Å²) < 4.78 is 18.5. The van der Waals surface area contributed by atoms with Crippen molar-refractivity contribution < 1.29 is 13.6 Å². The van der Waals surface area contributed by atoms with E-state index in [-0.39, 0.29) is 17.5 Å². The quantitative estimate of drug-likeness (QED) is 0.913. The second-order valence-electron chi connectivity index (χ2n) is 5.59. The van der Waals surface area contributed by atoms with Crippen LogP contribution in [0, 0.1) is 11.7 Å². The van der Waals surface area contributed by atoms with Gasteiger partial charge in [-0.3, -0.25) is 4.79 Å². The van der Waals surface area contributed by atoms with Crippen molar-refractivity contribution in [3.63, 3.8) is 0 Å². The Bertz CT molecular complexity index is 630. The van der Waals surface area contributed by atoms with Crippen LogP contribution in [-0.2, 0) is 0 Å². The molecule has 22 heavy (non-hydrogen) atoms. The lowest BCUT2D eigenvalue weighted by atomic mass is 10.00. The maximum atomic E-state index is 12.9. The number of furan rings is 1. The van der Waals surface area contributed by atoms with Gasteiger partial charge in [-0.1, -0.05) is 0 Å². The van der Waals surface area contributed by atoms with Crippen molar-refractivity contribution in [2.24, 2.45) is 5.92 Å². The standard InChI is InChI=1S/C17H19FN2O2/c18-14-5-3-13(4-6-14)15-7-8-16(22-15)17(21)20-11-12-2-1-9-19-10-12/h3-8,12,19H,1-2,9-11H2,(H,20,21). The SMILES string of the molecule is O=C(NCC1CCCNC1)c1ccc(-c2ccc(F)cc2)o1. The van der Waals surface area contributed by atoms with Gasteiger partial charge in [-0.2, -0.15) is 0 Å². The Morgan fingerprint density at radius 3 is 2.82 bits per heavy atom. The van der Waals surface area contributed by atoms with Crippen LogP contribution in [0.25, 0.3) is 11.3 Å². The van der Waals surface area contributed by atoms with Crippen LogP contribution >= 0.6 is 0 Å². The fourth-order valence-corrected chi connectivity index (χ4v) is 2.65. The number of nitrogens with one attached hydrogen (secondary N) is 2. The summed E-state index contributed by atoms with van der Waals surface area (Å²) in [6.07, 6.45) is 2.28. The van der Waals surface area contributed by atoms with Gasteiger partial charge in [0.15, 0.2) is 5.76 Å². The summed E-state index contributed by atoms with van der Waals surface area (Å²) in [4.78, 5) is 12.1. The Morgan fingerprint density at radius 2 is 2.09 bits per heavy atom. The topological polar surface area (TPSA) is 54.3 Å². The second kappa shape index (κ2) is 6.75. The van der Waals surface area contributed by atoms with Crippen LogP contribution in [0.15, 0.2) is 40.8 Å². The van der Waals surface area contributed by atoms with E-state index in [9.17, 15) is 9.18 Å². The first-order valence-corrected chi connectivity index (χ1v) is 7.57. The van der Waals surface area contributed by atoms with Crippen molar-refractivity contribution in [1.29, 1.82) is 0 Å². The second-order valence-corrected chi connectivity index (χ2v) is 5.59. The molecule has 0 radical (unpaired) electrons. The molecule has 2 heterocycles. The average Bonchev–Trinajstić information content (AvgIpc) is 3.04. The maximum absolute atomic E-state index is 12.9. The van der Waals surface area contributed by atoms with Gasteiger partial charge in [0, 0.05) is 12.1 Å². The molecule has 1 aromatic heterocycles. The normalized spacial score (nSPS) is 18.1. The first kappa shape index (κ1) is 14.8. The van der Waals surface area contributed by atoms with Gasteiger partial charge in [0.25, 0.3) is 5.91 Å². The molecule has 2 aromatic rings. The Balaban J connectivity index is 1.60. The van der Waals surface area contributed by atoms with E-state index in [4.69, 9.17) is 4.42 Å². The average molecular weight is 302 g/mol. The molecule has 1 aromatic carbocycles. The minimum Gasteiger partial charge on any atom is -0.451 e. The molecule has 4 nitrogen and oxygen atoms in total. The Hall–Kier alpha value is -2.14. The third kappa shape index (κ3) is 3.54. The lowest BCUT2D eigenvalue weighted by molar-refractivity contribution is 0.0918. The predicted molar refractivity (Wildman–Crippen MR) is 82.0 cm³/mol. The van der Waals surface area contributed by atoms with Crippen LogP contribution in [0.1, 0.15) is 23.4 Å². The van der Waals surface area contributed by atoms with Crippen molar-refractivity contribution >= 4 is 5.91 Å². The summed E-state index contributed by atoms with van der Waals surface area (Å²) in [7, 11) is 0. The van der Waals surface area contributed by atoms with Crippen LogP contribution in [0.3, 0.4) is 0 Å². The smallest absolute Gasteiger partial charge is 0.287 e. The number of hydrogen-bond donors (Lipinski definition) is 2. The van der Waals surface area contributed by atoms with E-state index in [2.05, 4.69) is 10.6 Å². The van der Waals surface area contributed by atoms with Gasteiger partial charge < -0.3 is 15.1 Å². The minimum atomic E-state index is -0.297. The zero-order valence-electron chi connectivity index (χ0n) is 12.3. The van der Waals surface area contributed by atoms with Crippen LogP contribution < -0.4 is 10.6 Å². The first-order valence-electron chi connectivity index (χ1n) is 7.57. The molecule has 1 aliphatic heterocycles. The molecular formula is C17H19FN2O2. The van der Waals surface area contributed by atoms with E-state index in [1.54, 1.807) is 24.3 Å². The monoisotopic (exact) mass is 302 g/mol. The highest BCUT2D eigenvalue weighted by atomic mass is 19.1. The highest BCUT2D eigenvalue weighted by molar-refractivity contribution is 5.92. The van der Waals surface area contributed by atoms with E-state index >= 15 is 0 Å². The Morgan fingerprint density at radius 1 is 1.27 bits per heavy atom. The molecular weight excluding hydrogens is 283 g/mol. The van der Waals surface area contributed by atoms with E-state index in [0.29, 0.717) is 18.2 Å². The molecule has 1 fully saturated rings. The minimum absolute atomic E-state index is 0.209. The van der Waals surface area contributed by atoms with Gasteiger partial charge in [-0.25, -0.2) is 4.39 Å². The van der Waals surface area contributed by atoms with Crippen LogP contribution in [0.5, 0.6) is 0 Å². The van der Waals surface area contributed by atoms with Crippen LogP contribution in [0.2, 0.25) is 0 Å². The molecule has 0 saturated carbocycles. The van der Waals surface area contributed by atoms with Crippen LogP contribution in [-0.4, -0.2) is 25.5 Å². The highest BCUT2D eigenvalue weighted by Gasteiger charge is 2.16. The fourth-order valence-electron chi connectivity index (χ4n) is 2.65. The lowest BCUT2D eigenvalue weighted by Gasteiger charge is -2.22. The molecule has 0 aliphatic carbocycles. The molecule has 0 spiro atoms. The number of carbonyl (C=O) groups excluding carboxylic acids is 1. The van der Waals surface area contributed by atoms with Crippen molar-refractivity contribution in [3.8, 4) is 11.3 Å². The van der Waals surface area contributed by atoms with Gasteiger partial charge in [0.05, 0.1) is 0 Å². The number of piperidine rings is 1. The largest absolute Gasteiger partial charge is 0.451 e. The molecule has 1 atom stereocenters. The Labute approximate surface area is 128 Å². The lowest BCUT2D eigenvalue weighted by Crippen LogP contribution is -2.38. The highest BCUT2D eigenvalue weighted by Crippen LogP contribution is 2.22. The molecule has 0 bridgehead atoms. The molecule has 3 rings (SSSR count). The molecule has 1 amide bonds. The number of halogens is 1. The summed E-state index contributed by atoms with van der Waals surface area (Å²) in [5.74, 6) is 0.810. The molecule has 2 N–H and O–H groups in total. The van der Waals surface area contributed by atoms with Crippen molar-refractivity contribution in [2.75, 3.05) is 19.6 Å². The summed E-state index contributed by atoms with van der Waals surface area (Å²) in [6.45, 7) is 2.65. The molecule has 1 saturated heterocycles. The number of rotatable bonds is 4.